The molecule has 0 unspecified atom stereocenters. The van der Waals surface area contributed by atoms with Crippen LogP contribution in [0.15, 0.2) is 0 Å². The van der Waals surface area contributed by atoms with Crippen molar-refractivity contribution in [3.05, 3.63) is 0 Å². The van der Waals surface area contributed by atoms with Gasteiger partial charge in [0.05, 0.1) is 0 Å². The van der Waals surface area contributed by atoms with Crippen LogP contribution in [-0.4, -0.2) is 52.2 Å². The van der Waals surface area contributed by atoms with Crippen LogP contribution in [0.3, 0.4) is 0 Å². The number of carbonyl (C=O) groups is 4. The minimum Gasteiger partial charge on any atom is -0.352 e. The normalized spacial score (nSPS) is 20.8. The summed E-state index contributed by atoms with van der Waals surface area (Å²) in [6, 6.07) is -1.01. The highest BCUT2D eigenvalue weighted by molar-refractivity contribution is 6.45. The van der Waals surface area contributed by atoms with E-state index in [4.69, 9.17) is 0 Å². The van der Waals surface area contributed by atoms with Crippen LogP contribution in [-0.2, 0) is 14.4 Å². The van der Waals surface area contributed by atoms with Crippen LogP contribution in [0.1, 0.15) is 52.4 Å². The number of hydrogen-bond donors (Lipinski definition) is 1. The molecule has 5 amide bonds. The lowest BCUT2D eigenvalue weighted by molar-refractivity contribution is -0.144. The Bertz CT molecular complexity index is 481. The molecule has 0 spiro atoms. The first-order chi connectivity index (χ1) is 10.4. The van der Waals surface area contributed by atoms with Crippen molar-refractivity contribution >= 4 is 23.8 Å². The Morgan fingerprint density at radius 3 is 2.18 bits per heavy atom. The van der Waals surface area contributed by atoms with Crippen LogP contribution in [0.5, 0.6) is 0 Å². The summed E-state index contributed by atoms with van der Waals surface area (Å²) >= 11 is 0. The van der Waals surface area contributed by atoms with Gasteiger partial charge in [-0.25, -0.2) is 9.69 Å². The lowest BCUT2D eigenvalue weighted by Crippen LogP contribution is -2.45. The van der Waals surface area contributed by atoms with E-state index in [1.54, 1.807) is 13.8 Å². The van der Waals surface area contributed by atoms with Crippen LogP contribution in [0.2, 0.25) is 0 Å². The van der Waals surface area contributed by atoms with E-state index in [0.717, 1.165) is 35.5 Å². The molecule has 122 valence electrons. The number of amides is 5. The highest BCUT2D eigenvalue weighted by Gasteiger charge is 2.46. The molecule has 2 aliphatic rings. The summed E-state index contributed by atoms with van der Waals surface area (Å²) in [5.74, 6) is -2.16. The molecule has 22 heavy (non-hydrogen) atoms. The molecule has 1 aliphatic heterocycles. The van der Waals surface area contributed by atoms with Gasteiger partial charge >= 0.3 is 17.8 Å². The molecule has 1 saturated heterocycles. The molecule has 0 aromatic carbocycles. The largest absolute Gasteiger partial charge is 0.352 e. The summed E-state index contributed by atoms with van der Waals surface area (Å²) in [6.07, 6.45) is 6.34. The predicted octanol–water partition coefficient (Wildman–Crippen LogP) is 1.02. The zero-order valence-electron chi connectivity index (χ0n) is 13.1. The second-order valence-corrected chi connectivity index (χ2v) is 6.20. The zero-order valence-corrected chi connectivity index (χ0v) is 13.1. The number of imide groups is 2. The van der Waals surface area contributed by atoms with Gasteiger partial charge < -0.3 is 5.32 Å². The fraction of sp³-hybridized carbons (Fsp3) is 0.733. The van der Waals surface area contributed by atoms with Gasteiger partial charge in [0.2, 0.25) is 5.91 Å². The summed E-state index contributed by atoms with van der Waals surface area (Å²) in [6.45, 7) is 2.92. The van der Waals surface area contributed by atoms with Crippen molar-refractivity contribution in [2.45, 2.75) is 64.5 Å². The van der Waals surface area contributed by atoms with Crippen molar-refractivity contribution in [3.8, 4) is 0 Å². The molecule has 2 rings (SSSR count). The summed E-state index contributed by atoms with van der Waals surface area (Å²) < 4.78 is 0. The topological polar surface area (TPSA) is 86.8 Å². The molecule has 2 fully saturated rings. The molecule has 7 nitrogen and oxygen atoms in total. The molecule has 0 atom stereocenters. The maximum absolute atomic E-state index is 12.1. The molecule has 1 aliphatic carbocycles. The quantitative estimate of drug-likeness (QED) is 0.477. The highest BCUT2D eigenvalue weighted by Crippen LogP contribution is 2.18. The molecular formula is C15H23N3O4. The minimum atomic E-state index is -0.922. The fourth-order valence-corrected chi connectivity index (χ4v) is 2.96. The standard InChI is InChI=1S/C15H23N3O4/c1-10(2)18-14(21)13(20)17(15(18)22)9-12(19)16-11-7-5-3-4-6-8-11/h10-11H,3-9H2,1-2H3,(H,16,19). The third-order valence-corrected chi connectivity index (χ3v) is 4.12. The molecular weight excluding hydrogens is 286 g/mol. The molecule has 7 heteroatoms. The first-order valence-electron chi connectivity index (χ1n) is 7.90. The van der Waals surface area contributed by atoms with Gasteiger partial charge in [0.1, 0.15) is 6.54 Å². The van der Waals surface area contributed by atoms with Gasteiger partial charge in [-0.1, -0.05) is 25.7 Å². The van der Waals surface area contributed by atoms with E-state index in [1.807, 2.05) is 0 Å². The van der Waals surface area contributed by atoms with Gasteiger partial charge in [-0.3, -0.25) is 19.3 Å². The van der Waals surface area contributed by atoms with Crippen LogP contribution >= 0.6 is 0 Å². The Hall–Kier alpha value is -1.92. The van der Waals surface area contributed by atoms with E-state index in [-0.39, 0.29) is 18.5 Å². The lowest BCUT2D eigenvalue weighted by Gasteiger charge is -2.20. The number of urea groups is 1. The SMILES string of the molecule is CC(C)N1C(=O)C(=O)N(CC(=O)NC2CCCCCC2)C1=O. The average Bonchev–Trinajstić information content (AvgIpc) is 2.66. The van der Waals surface area contributed by atoms with Gasteiger partial charge in [0.25, 0.3) is 0 Å². The first kappa shape index (κ1) is 16.5. The predicted molar refractivity (Wildman–Crippen MR) is 78.7 cm³/mol. The van der Waals surface area contributed by atoms with E-state index in [2.05, 4.69) is 5.32 Å². The van der Waals surface area contributed by atoms with Crippen LogP contribution < -0.4 is 5.32 Å². The monoisotopic (exact) mass is 309 g/mol. The van der Waals surface area contributed by atoms with Gasteiger partial charge in [-0.05, 0) is 26.7 Å². The lowest BCUT2D eigenvalue weighted by atomic mass is 10.1. The number of hydrogen-bond acceptors (Lipinski definition) is 4. The van der Waals surface area contributed by atoms with E-state index >= 15 is 0 Å². The summed E-state index contributed by atoms with van der Waals surface area (Å²) in [4.78, 5) is 49.4. The summed E-state index contributed by atoms with van der Waals surface area (Å²) in [5.41, 5.74) is 0. The first-order valence-corrected chi connectivity index (χ1v) is 7.90. The van der Waals surface area contributed by atoms with E-state index in [9.17, 15) is 19.2 Å². The van der Waals surface area contributed by atoms with Gasteiger partial charge in [0.15, 0.2) is 0 Å². The Balaban J connectivity index is 1.94. The van der Waals surface area contributed by atoms with Crippen molar-refractivity contribution in [1.29, 1.82) is 0 Å². The number of nitrogens with zero attached hydrogens (tertiary/aromatic N) is 2. The van der Waals surface area contributed by atoms with Crippen LogP contribution in [0, 0.1) is 0 Å². The molecule has 1 N–H and O–H groups in total. The number of nitrogens with one attached hydrogen (secondary N) is 1. The fourth-order valence-electron chi connectivity index (χ4n) is 2.96. The molecule has 0 aromatic rings. The molecule has 1 heterocycles. The molecule has 0 radical (unpaired) electrons. The van der Waals surface area contributed by atoms with Crippen molar-refractivity contribution in [2.75, 3.05) is 6.54 Å². The Labute approximate surface area is 130 Å². The number of rotatable bonds is 4. The Morgan fingerprint density at radius 1 is 1.09 bits per heavy atom. The van der Waals surface area contributed by atoms with Crippen molar-refractivity contribution in [3.63, 3.8) is 0 Å². The molecule has 0 aromatic heterocycles. The minimum absolute atomic E-state index is 0.0970. The zero-order chi connectivity index (χ0) is 16.3. The maximum atomic E-state index is 12.1. The van der Waals surface area contributed by atoms with Crippen LogP contribution in [0.25, 0.3) is 0 Å². The van der Waals surface area contributed by atoms with E-state index < -0.39 is 23.9 Å². The second kappa shape index (κ2) is 6.89. The van der Waals surface area contributed by atoms with Crippen molar-refractivity contribution in [1.82, 2.24) is 15.1 Å². The van der Waals surface area contributed by atoms with Crippen LogP contribution in [0.4, 0.5) is 4.79 Å². The van der Waals surface area contributed by atoms with Gasteiger partial charge in [-0.2, -0.15) is 0 Å². The average molecular weight is 309 g/mol. The van der Waals surface area contributed by atoms with Gasteiger partial charge in [-0.15, -0.1) is 0 Å². The van der Waals surface area contributed by atoms with Crippen molar-refractivity contribution in [2.24, 2.45) is 0 Å². The Morgan fingerprint density at radius 2 is 1.68 bits per heavy atom. The third-order valence-electron chi connectivity index (χ3n) is 4.12. The highest BCUT2D eigenvalue weighted by atomic mass is 16.2. The summed E-state index contributed by atoms with van der Waals surface area (Å²) in [7, 11) is 0. The maximum Gasteiger partial charge on any atom is 0.334 e. The van der Waals surface area contributed by atoms with Crippen molar-refractivity contribution < 1.29 is 19.2 Å². The van der Waals surface area contributed by atoms with E-state index in [0.29, 0.717) is 0 Å². The Kier molecular flexibility index (Phi) is 5.15. The smallest absolute Gasteiger partial charge is 0.334 e. The molecule has 1 saturated carbocycles. The number of carbonyl (C=O) groups excluding carboxylic acids is 4. The van der Waals surface area contributed by atoms with Gasteiger partial charge in [0, 0.05) is 12.1 Å². The second-order valence-electron chi connectivity index (χ2n) is 6.20. The summed E-state index contributed by atoms with van der Waals surface area (Å²) in [5, 5.41) is 2.87. The van der Waals surface area contributed by atoms with E-state index in [1.165, 1.54) is 12.8 Å². The third kappa shape index (κ3) is 3.45. The molecule has 0 bridgehead atoms.